The molecule has 0 spiro atoms. The molecule has 0 atom stereocenters. The molecular weight excluding hydrogens is 367 g/mol. The second-order valence-electron chi connectivity index (χ2n) is 5.02. The number of nitrogens with one attached hydrogen (secondary N) is 2. The van der Waals surface area contributed by atoms with Gasteiger partial charge in [-0.2, -0.15) is 0 Å². The highest BCUT2D eigenvalue weighted by Crippen LogP contribution is 2.27. The first kappa shape index (κ1) is 17.2. The second kappa shape index (κ2) is 7.08. The fourth-order valence-corrected chi connectivity index (χ4v) is 3.38. The molecule has 0 bridgehead atoms. The molecular formula is C17H12ClFN2O3S. The van der Waals surface area contributed by atoms with E-state index in [1.54, 1.807) is 24.3 Å². The molecule has 2 N–H and O–H groups in total. The largest absolute Gasteiger partial charge is 0.496 e. The van der Waals surface area contributed by atoms with Crippen molar-refractivity contribution in [1.29, 1.82) is 0 Å². The Kier molecular flexibility index (Phi) is 4.87. The van der Waals surface area contributed by atoms with Crippen molar-refractivity contribution in [1.82, 2.24) is 10.9 Å². The zero-order valence-corrected chi connectivity index (χ0v) is 14.5. The van der Waals surface area contributed by atoms with Crippen LogP contribution in [0, 0.1) is 5.82 Å². The molecule has 1 aromatic heterocycles. The maximum atomic E-state index is 13.7. The summed E-state index contributed by atoms with van der Waals surface area (Å²) in [5, 5.41) is 0.720. The molecule has 3 rings (SSSR count). The highest BCUT2D eigenvalue weighted by molar-refractivity contribution is 7.20. The molecule has 2 amide bonds. The summed E-state index contributed by atoms with van der Waals surface area (Å²) in [4.78, 5) is 24.7. The number of benzene rings is 2. The lowest BCUT2D eigenvalue weighted by atomic mass is 10.2. The number of methoxy groups -OCH3 is 1. The van der Waals surface area contributed by atoms with E-state index < -0.39 is 17.6 Å². The van der Waals surface area contributed by atoms with Crippen molar-refractivity contribution in [3.05, 3.63) is 63.7 Å². The molecule has 0 saturated heterocycles. The molecule has 5 nitrogen and oxygen atoms in total. The van der Waals surface area contributed by atoms with Crippen LogP contribution in [0.3, 0.4) is 0 Å². The Balaban J connectivity index is 1.74. The maximum absolute atomic E-state index is 13.7. The third-order valence-electron chi connectivity index (χ3n) is 3.43. The number of carbonyl (C=O) groups is 2. The van der Waals surface area contributed by atoms with E-state index in [0.717, 1.165) is 11.3 Å². The van der Waals surface area contributed by atoms with Gasteiger partial charge in [0.05, 0.1) is 17.6 Å². The van der Waals surface area contributed by atoms with E-state index in [-0.39, 0.29) is 10.4 Å². The summed E-state index contributed by atoms with van der Waals surface area (Å²) in [7, 11) is 1.42. The minimum absolute atomic E-state index is 0.178. The van der Waals surface area contributed by atoms with Crippen molar-refractivity contribution in [2.24, 2.45) is 0 Å². The summed E-state index contributed by atoms with van der Waals surface area (Å²) < 4.78 is 19.4. The average molecular weight is 379 g/mol. The molecule has 2 aromatic carbocycles. The first-order chi connectivity index (χ1) is 12.0. The molecule has 8 heteroatoms. The van der Waals surface area contributed by atoms with Gasteiger partial charge >= 0.3 is 0 Å². The monoisotopic (exact) mass is 378 g/mol. The van der Waals surface area contributed by atoms with Crippen molar-refractivity contribution in [3.8, 4) is 5.75 Å². The summed E-state index contributed by atoms with van der Waals surface area (Å²) in [6.07, 6.45) is 0. The Morgan fingerprint density at radius 2 is 1.88 bits per heavy atom. The van der Waals surface area contributed by atoms with Gasteiger partial charge < -0.3 is 4.74 Å². The Morgan fingerprint density at radius 1 is 1.12 bits per heavy atom. The van der Waals surface area contributed by atoms with Gasteiger partial charge in [-0.25, -0.2) is 4.39 Å². The van der Waals surface area contributed by atoms with E-state index in [4.69, 9.17) is 16.3 Å². The van der Waals surface area contributed by atoms with Gasteiger partial charge in [-0.05, 0) is 36.4 Å². The number of amides is 2. The molecule has 0 radical (unpaired) electrons. The van der Waals surface area contributed by atoms with Crippen LogP contribution in [0.5, 0.6) is 5.75 Å². The van der Waals surface area contributed by atoms with E-state index >= 15 is 0 Å². The van der Waals surface area contributed by atoms with Gasteiger partial charge in [0.1, 0.15) is 11.6 Å². The van der Waals surface area contributed by atoms with Crippen LogP contribution in [0.15, 0.2) is 42.5 Å². The predicted molar refractivity (Wildman–Crippen MR) is 94.7 cm³/mol. The maximum Gasteiger partial charge on any atom is 0.279 e. The van der Waals surface area contributed by atoms with Gasteiger partial charge in [0, 0.05) is 15.1 Å². The molecule has 0 aliphatic rings. The van der Waals surface area contributed by atoms with Crippen LogP contribution in [0.25, 0.3) is 10.1 Å². The number of hydrogen-bond donors (Lipinski definition) is 2. The van der Waals surface area contributed by atoms with Gasteiger partial charge in [-0.1, -0.05) is 17.7 Å². The van der Waals surface area contributed by atoms with Gasteiger partial charge in [-0.15, -0.1) is 11.3 Å². The summed E-state index contributed by atoms with van der Waals surface area (Å²) >= 11 is 7.01. The molecule has 128 valence electrons. The third kappa shape index (κ3) is 3.57. The topological polar surface area (TPSA) is 67.4 Å². The third-order valence-corrected chi connectivity index (χ3v) is 4.76. The van der Waals surface area contributed by atoms with Gasteiger partial charge in [0.2, 0.25) is 0 Å². The highest BCUT2D eigenvalue weighted by Gasteiger charge is 2.16. The van der Waals surface area contributed by atoms with Crippen LogP contribution in [0.4, 0.5) is 4.39 Å². The summed E-state index contributed by atoms with van der Waals surface area (Å²) in [6, 6.07) is 10.6. The van der Waals surface area contributed by atoms with E-state index in [9.17, 15) is 14.0 Å². The van der Waals surface area contributed by atoms with Crippen molar-refractivity contribution < 1.29 is 18.7 Å². The quantitative estimate of drug-likeness (QED) is 0.681. The number of halogens is 2. The number of hydrazine groups is 1. The number of rotatable bonds is 3. The molecule has 25 heavy (non-hydrogen) atoms. The molecule has 0 aliphatic heterocycles. The van der Waals surface area contributed by atoms with Crippen LogP contribution in [0.1, 0.15) is 20.0 Å². The molecule has 0 unspecified atom stereocenters. The van der Waals surface area contributed by atoms with Gasteiger partial charge in [0.15, 0.2) is 0 Å². The Bertz CT molecular complexity index is 974. The van der Waals surface area contributed by atoms with E-state index in [1.165, 1.54) is 25.3 Å². The number of ether oxygens (including phenoxy) is 1. The fraction of sp³-hybridized carbons (Fsp3) is 0.0588. The van der Waals surface area contributed by atoms with Crippen molar-refractivity contribution in [3.63, 3.8) is 0 Å². The lowest BCUT2D eigenvalue weighted by molar-refractivity contribution is 0.0847. The summed E-state index contributed by atoms with van der Waals surface area (Å²) in [5.74, 6) is -1.21. The van der Waals surface area contributed by atoms with Crippen LogP contribution >= 0.6 is 22.9 Å². The Hall–Kier alpha value is -2.64. The van der Waals surface area contributed by atoms with Gasteiger partial charge in [-0.3, -0.25) is 20.4 Å². The highest BCUT2D eigenvalue weighted by atomic mass is 35.5. The predicted octanol–water partition coefficient (Wildman–Crippen LogP) is 3.78. The average Bonchev–Trinajstić information content (AvgIpc) is 3.05. The normalized spacial score (nSPS) is 10.5. The SMILES string of the molecule is COc1ccc(Cl)cc1C(=O)NNC(=O)c1cc2c(F)cccc2s1. The number of fused-ring (bicyclic) bond motifs is 1. The lowest BCUT2D eigenvalue weighted by Gasteiger charge is -2.10. The van der Waals surface area contributed by atoms with Crippen LogP contribution in [-0.2, 0) is 0 Å². The zero-order chi connectivity index (χ0) is 18.0. The lowest BCUT2D eigenvalue weighted by Crippen LogP contribution is -2.41. The fourth-order valence-electron chi connectivity index (χ4n) is 2.24. The number of thiophene rings is 1. The first-order valence-corrected chi connectivity index (χ1v) is 8.31. The smallest absolute Gasteiger partial charge is 0.279 e. The second-order valence-corrected chi connectivity index (χ2v) is 6.54. The summed E-state index contributed by atoms with van der Waals surface area (Å²) in [6.45, 7) is 0. The molecule has 0 saturated carbocycles. The van der Waals surface area contributed by atoms with Crippen LogP contribution in [-0.4, -0.2) is 18.9 Å². The minimum atomic E-state index is -0.583. The number of carbonyl (C=O) groups excluding carboxylic acids is 2. The summed E-state index contributed by atoms with van der Waals surface area (Å²) in [5.41, 5.74) is 4.77. The zero-order valence-electron chi connectivity index (χ0n) is 12.9. The van der Waals surface area contributed by atoms with Crippen molar-refractivity contribution >= 4 is 44.8 Å². The molecule has 3 aromatic rings. The van der Waals surface area contributed by atoms with E-state index in [2.05, 4.69) is 10.9 Å². The van der Waals surface area contributed by atoms with Crippen LogP contribution in [0.2, 0.25) is 5.02 Å². The van der Waals surface area contributed by atoms with E-state index in [1.807, 2.05) is 0 Å². The standard InChI is InChI=1S/C17H12ClFN2O3S/c1-24-13-6-5-9(18)7-11(13)16(22)20-21-17(23)15-8-10-12(19)3-2-4-14(10)25-15/h2-8H,1H3,(H,20,22)(H,21,23). The van der Waals surface area contributed by atoms with Gasteiger partial charge in [0.25, 0.3) is 11.8 Å². The Morgan fingerprint density at radius 3 is 2.60 bits per heavy atom. The molecule has 0 fully saturated rings. The molecule has 0 aliphatic carbocycles. The first-order valence-electron chi connectivity index (χ1n) is 7.12. The van der Waals surface area contributed by atoms with Crippen molar-refractivity contribution in [2.75, 3.05) is 7.11 Å². The molecule has 1 heterocycles. The van der Waals surface area contributed by atoms with Crippen molar-refractivity contribution in [2.45, 2.75) is 0 Å². The van der Waals surface area contributed by atoms with E-state index in [0.29, 0.717) is 20.9 Å². The van der Waals surface area contributed by atoms with Crippen LogP contribution < -0.4 is 15.6 Å². The Labute approximate surface area is 151 Å². The minimum Gasteiger partial charge on any atom is -0.496 e. The number of hydrogen-bond acceptors (Lipinski definition) is 4.